The van der Waals surface area contributed by atoms with Crippen molar-refractivity contribution in [2.75, 3.05) is 32.7 Å². The van der Waals surface area contributed by atoms with Gasteiger partial charge >= 0.3 is 6.03 Å². The molecule has 0 unspecified atom stereocenters. The minimum absolute atomic E-state index is 0.0543. The molecule has 0 atom stereocenters. The molecule has 0 bridgehead atoms. The van der Waals surface area contributed by atoms with Gasteiger partial charge in [0.25, 0.3) is 0 Å². The Morgan fingerprint density at radius 3 is 2.24 bits per heavy atom. The van der Waals surface area contributed by atoms with Crippen LogP contribution in [0, 0.1) is 5.92 Å². The Hall–Kier alpha value is -1.10. The monoisotopic (exact) mass is 297 g/mol. The third kappa shape index (κ3) is 8.05. The molecule has 1 aliphatic heterocycles. The van der Waals surface area contributed by atoms with Crippen molar-refractivity contribution in [2.24, 2.45) is 5.92 Å². The van der Waals surface area contributed by atoms with E-state index in [4.69, 9.17) is 0 Å². The minimum Gasteiger partial charge on any atom is -0.338 e. The number of carbonyl (C=O) groups is 2. The second-order valence-corrected chi connectivity index (χ2v) is 5.97. The van der Waals surface area contributed by atoms with E-state index in [2.05, 4.69) is 22.5 Å². The SMILES string of the molecule is CCCCCNC(=O)NCCCN1CCC(C(C)=O)CC1. The van der Waals surface area contributed by atoms with Gasteiger partial charge in [0.05, 0.1) is 0 Å². The van der Waals surface area contributed by atoms with E-state index in [0.29, 0.717) is 12.3 Å². The molecule has 0 saturated carbocycles. The van der Waals surface area contributed by atoms with E-state index >= 15 is 0 Å². The van der Waals surface area contributed by atoms with E-state index in [9.17, 15) is 9.59 Å². The number of nitrogens with zero attached hydrogens (tertiary/aromatic N) is 1. The summed E-state index contributed by atoms with van der Waals surface area (Å²) in [5.74, 6) is 0.601. The molecular formula is C16H31N3O2. The molecule has 0 aromatic heterocycles. The van der Waals surface area contributed by atoms with E-state index in [0.717, 1.165) is 58.3 Å². The van der Waals surface area contributed by atoms with Crippen molar-refractivity contribution in [3.05, 3.63) is 0 Å². The highest BCUT2D eigenvalue weighted by Crippen LogP contribution is 2.17. The maximum absolute atomic E-state index is 11.5. The first-order valence-corrected chi connectivity index (χ1v) is 8.38. The van der Waals surface area contributed by atoms with Gasteiger partial charge in [0.1, 0.15) is 5.78 Å². The molecule has 1 fully saturated rings. The molecular weight excluding hydrogens is 266 g/mol. The number of piperidine rings is 1. The second-order valence-electron chi connectivity index (χ2n) is 5.97. The number of nitrogens with one attached hydrogen (secondary N) is 2. The zero-order valence-electron chi connectivity index (χ0n) is 13.6. The smallest absolute Gasteiger partial charge is 0.314 e. The fourth-order valence-electron chi connectivity index (χ4n) is 2.71. The molecule has 1 aliphatic rings. The van der Waals surface area contributed by atoms with Crippen LogP contribution >= 0.6 is 0 Å². The molecule has 21 heavy (non-hydrogen) atoms. The zero-order valence-corrected chi connectivity index (χ0v) is 13.6. The normalized spacial score (nSPS) is 16.7. The minimum atomic E-state index is -0.0543. The van der Waals surface area contributed by atoms with E-state index < -0.39 is 0 Å². The quantitative estimate of drug-likeness (QED) is 0.641. The number of urea groups is 1. The molecule has 122 valence electrons. The van der Waals surface area contributed by atoms with Gasteiger partial charge in [0.15, 0.2) is 0 Å². The predicted molar refractivity (Wildman–Crippen MR) is 85.4 cm³/mol. The van der Waals surface area contributed by atoms with Gasteiger partial charge in [-0.05, 0) is 52.2 Å². The van der Waals surface area contributed by atoms with Crippen LogP contribution < -0.4 is 10.6 Å². The summed E-state index contributed by atoms with van der Waals surface area (Å²) in [6.07, 6.45) is 6.32. The van der Waals surface area contributed by atoms with Gasteiger partial charge < -0.3 is 15.5 Å². The second kappa shape index (κ2) is 10.6. The molecule has 1 rings (SSSR count). The number of likely N-dealkylation sites (tertiary alicyclic amines) is 1. The highest BCUT2D eigenvalue weighted by molar-refractivity contribution is 5.78. The van der Waals surface area contributed by atoms with E-state index in [1.807, 2.05) is 0 Å². The lowest BCUT2D eigenvalue weighted by Crippen LogP contribution is -2.39. The van der Waals surface area contributed by atoms with Gasteiger partial charge in [-0.3, -0.25) is 4.79 Å². The highest BCUT2D eigenvalue weighted by atomic mass is 16.2. The number of hydrogen-bond donors (Lipinski definition) is 2. The van der Waals surface area contributed by atoms with Crippen molar-refractivity contribution in [2.45, 2.75) is 52.4 Å². The van der Waals surface area contributed by atoms with Crippen LogP contribution in [0.5, 0.6) is 0 Å². The molecule has 0 aromatic carbocycles. The topological polar surface area (TPSA) is 61.4 Å². The Bertz CT molecular complexity index is 313. The van der Waals surface area contributed by atoms with Crippen molar-refractivity contribution in [1.82, 2.24) is 15.5 Å². The van der Waals surface area contributed by atoms with Gasteiger partial charge in [0, 0.05) is 19.0 Å². The number of amides is 2. The van der Waals surface area contributed by atoms with Crippen LogP contribution in [0.1, 0.15) is 52.4 Å². The Morgan fingerprint density at radius 1 is 1.05 bits per heavy atom. The van der Waals surface area contributed by atoms with Crippen LogP contribution in [0.25, 0.3) is 0 Å². The number of rotatable bonds is 9. The Morgan fingerprint density at radius 2 is 1.67 bits per heavy atom. The summed E-state index contributed by atoms with van der Waals surface area (Å²) in [4.78, 5) is 25.2. The number of ketones is 1. The van der Waals surface area contributed by atoms with Crippen molar-refractivity contribution < 1.29 is 9.59 Å². The predicted octanol–water partition coefficient (Wildman–Crippen LogP) is 2.17. The molecule has 1 heterocycles. The summed E-state index contributed by atoms with van der Waals surface area (Å²) in [6, 6.07) is -0.0543. The van der Waals surface area contributed by atoms with Crippen molar-refractivity contribution in [3.63, 3.8) is 0 Å². The standard InChI is InChI=1S/C16H31N3O2/c1-3-4-5-9-17-16(21)18-10-6-11-19-12-7-15(8-13-19)14(2)20/h15H,3-13H2,1-2H3,(H2,17,18,21). The first-order chi connectivity index (χ1) is 10.1. The average molecular weight is 297 g/mol. The molecule has 0 aliphatic carbocycles. The van der Waals surface area contributed by atoms with Gasteiger partial charge in [-0.25, -0.2) is 4.79 Å². The lowest BCUT2D eigenvalue weighted by molar-refractivity contribution is -0.122. The number of Topliss-reactive ketones (excluding diaryl/α,β-unsaturated/α-hetero) is 1. The van der Waals surface area contributed by atoms with Crippen LogP contribution in [0.2, 0.25) is 0 Å². The van der Waals surface area contributed by atoms with E-state index in [-0.39, 0.29) is 11.9 Å². The van der Waals surface area contributed by atoms with Crippen molar-refractivity contribution in [3.8, 4) is 0 Å². The Labute approximate surface area is 128 Å². The lowest BCUT2D eigenvalue weighted by atomic mass is 9.93. The molecule has 1 saturated heterocycles. The van der Waals surface area contributed by atoms with Gasteiger partial charge in [-0.2, -0.15) is 0 Å². The van der Waals surface area contributed by atoms with Crippen LogP contribution in [0.3, 0.4) is 0 Å². The van der Waals surface area contributed by atoms with Gasteiger partial charge in [-0.15, -0.1) is 0 Å². The molecule has 0 aromatic rings. The summed E-state index contributed by atoms with van der Waals surface area (Å²) in [5, 5.41) is 5.77. The van der Waals surface area contributed by atoms with Crippen molar-refractivity contribution >= 4 is 11.8 Å². The molecule has 2 N–H and O–H groups in total. The summed E-state index contributed by atoms with van der Waals surface area (Å²) in [7, 11) is 0. The van der Waals surface area contributed by atoms with Crippen LogP contribution in [-0.4, -0.2) is 49.4 Å². The largest absolute Gasteiger partial charge is 0.338 e. The van der Waals surface area contributed by atoms with Crippen LogP contribution in [0.15, 0.2) is 0 Å². The first kappa shape index (κ1) is 18.0. The zero-order chi connectivity index (χ0) is 15.5. The molecule has 5 nitrogen and oxygen atoms in total. The van der Waals surface area contributed by atoms with Gasteiger partial charge in [0.2, 0.25) is 0 Å². The molecule has 0 spiro atoms. The summed E-state index contributed by atoms with van der Waals surface area (Å²) in [6.45, 7) is 8.34. The number of hydrogen-bond acceptors (Lipinski definition) is 3. The summed E-state index contributed by atoms with van der Waals surface area (Å²) in [5.41, 5.74) is 0. The van der Waals surface area contributed by atoms with Crippen LogP contribution in [0.4, 0.5) is 4.79 Å². The fourth-order valence-corrected chi connectivity index (χ4v) is 2.71. The van der Waals surface area contributed by atoms with Crippen LogP contribution in [-0.2, 0) is 4.79 Å². The third-order valence-electron chi connectivity index (χ3n) is 4.17. The maximum atomic E-state index is 11.5. The van der Waals surface area contributed by atoms with E-state index in [1.54, 1.807) is 6.92 Å². The number of carbonyl (C=O) groups excluding carboxylic acids is 2. The summed E-state index contributed by atoms with van der Waals surface area (Å²) >= 11 is 0. The van der Waals surface area contributed by atoms with E-state index in [1.165, 1.54) is 6.42 Å². The fraction of sp³-hybridized carbons (Fsp3) is 0.875. The molecule has 2 amide bonds. The molecule has 0 radical (unpaired) electrons. The lowest BCUT2D eigenvalue weighted by Gasteiger charge is -2.30. The van der Waals surface area contributed by atoms with Crippen molar-refractivity contribution in [1.29, 1.82) is 0 Å². The summed E-state index contributed by atoms with van der Waals surface area (Å²) < 4.78 is 0. The van der Waals surface area contributed by atoms with Gasteiger partial charge in [-0.1, -0.05) is 19.8 Å². The Balaban J connectivity index is 1.97. The average Bonchev–Trinajstić information content (AvgIpc) is 2.48. The maximum Gasteiger partial charge on any atom is 0.314 e. The third-order valence-corrected chi connectivity index (χ3v) is 4.17. The first-order valence-electron chi connectivity index (χ1n) is 8.38. The molecule has 5 heteroatoms. The highest BCUT2D eigenvalue weighted by Gasteiger charge is 2.21. The number of unbranched alkanes of at least 4 members (excludes halogenated alkanes) is 2. The Kier molecular flexibility index (Phi) is 9.06.